The SMILES string of the molecule is COc1ccc(C=NNC(=O)COc2ccc(C(C)(C)c3ccccc3)cc2)cc1OC. The highest BCUT2D eigenvalue weighted by molar-refractivity contribution is 5.83. The molecule has 0 aliphatic heterocycles. The topological polar surface area (TPSA) is 69.2 Å². The zero-order valence-corrected chi connectivity index (χ0v) is 18.8. The molecule has 0 atom stereocenters. The van der Waals surface area contributed by atoms with Crippen LogP contribution in [0.1, 0.15) is 30.5 Å². The largest absolute Gasteiger partial charge is 0.493 e. The van der Waals surface area contributed by atoms with Gasteiger partial charge in [0.1, 0.15) is 5.75 Å². The van der Waals surface area contributed by atoms with Gasteiger partial charge in [-0.1, -0.05) is 56.3 Å². The van der Waals surface area contributed by atoms with Gasteiger partial charge in [0, 0.05) is 5.41 Å². The van der Waals surface area contributed by atoms with Crippen LogP contribution in [0.2, 0.25) is 0 Å². The Bertz CT molecular complexity index is 1060. The summed E-state index contributed by atoms with van der Waals surface area (Å²) in [4.78, 5) is 12.0. The van der Waals surface area contributed by atoms with E-state index in [0.29, 0.717) is 17.2 Å². The lowest BCUT2D eigenvalue weighted by Gasteiger charge is -2.26. The van der Waals surface area contributed by atoms with E-state index in [1.54, 1.807) is 26.4 Å². The van der Waals surface area contributed by atoms with Gasteiger partial charge in [-0.2, -0.15) is 5.10 Å². The lowest BCUT2D eigenvalue weighted by atomic mass is 9.78. The molecular weight excluding hydrogens is 404 g/mol. The summed E-state index contributed by atoms with van der Waals surface area (Å²) >= 11 is 0. The van der Waals surface area contributed by atoms with Crippen molar-refractivity contribution in [1.82, 2.24) is 5.43 Å². The van der Waals surface area contributed by atoms with Crippen LogP contribution >= 0.6 is 0 Å². The van der Waals surface area contributed by atoms with Crippen LogP contribution in [-0.4, -0.2) is 32.9 Å². The van der Waals surface area contributed by atoms with E-state index in [0.717, 1.165) is 5.56 Å². The van der Waals surface area contributed by atoms with E-state index in [4.69, 9.17) is 14.2 Å². The minimum atomic E-state index is -0.351. The zero-order chi connectivity index (χ0) is 23.0. The second-order valence-corrected chi connectivity index (χ2v) is 7.71. The summed E-state index contributed by atoms with van der Waals surface area (Å²) in [6.45, 7) is 4.23. The molecule has 0 fully saturated rings. The minimum Gasteiger partial charge on any atom is -0.493 e. The standard InChI is InChI=1S/C26H28N2O4/c1-26(2,20-8-6-5-7-9-20)21-11-13-22(14-12-21)32-18-25(29)28-27-17-19-10-15-23(30-3)24(16-19)31-4/h5-17H,18H2,1-4H3,(H,28,29). The van der Waals surface area contributed by atoms with Crippen molar-refractivity contribution in [2.75, 3.05) is 20.8 Å². The van der Waals surface area contributed by atoms with Gasteiger partial charge in [0.2, 0.25) is 0 Å². The summed E-state index contributed by atoms with van der Waals surface area (Å²) in [6.07, 6.45) is 1.53. The molecule has 0 radical (unpaired) electrons. The molecule has 32 heavy (non-hydrogen) atoms. The van der Waals surface area contributed by atoms with Gasteiger partial charge in [0.05, 0.1) is 20.4 Å². The Balaban J connectivity index is 1.52. The maximum absolute atomic E-state index is 12.0. The molecule has 3 aromatic carbocycles. The first kappa shape index (κ1) is 22.9. The molecule has 3 rings (SSSR count). The average Bonchev–Trinajstić information content (AvgIpc) is 2.83. The Morgan fingerprint density at radius 2 is 1.56 bits per heavy atom. The van der Waals surface area contributed by atoms with Crippen molar-refractivity contribution in [2.24, 2.45) is 5.10 Å². The van der Waals surface area contributed by atoms with E-state index in [9.17, 15) is 4.79 Å². The highest BCUT2D eigenvalue weighted by Crippen LogP contribution is 2.32. The summed E-state index contributed by atoms with van der Waals surface area (Å²) in [5, 5.41) is 3.96. The monoisotopic (exact) mass is 432 g/mol. The van der Waals surface area contributed by atoms with E-state index < -0.39 is 0 Å². The number of benzene rings is 3. The molecule has 0 aliphatic rings. The number of rotatable bonds is 9. The fourth-order valence-electron chi connectivity index (χ4n) is 3.28. The highest BCUT2D eigenvalue weighted by atomic mass is 16.5. The number of carbonyl (C=O) groups excluding carboxylic acids is 1. The van der Waals surface area contributed by atoms with Crippen LogP contribution in [0.15, 0.2) is 77.9 Å². The van der Waals surface area contributed by atoms with Gasteiger partial charge < -0.3 is 14.2 Å². The van der Waals surface area contributed by atoms with E-state index >= 15 is 0 Å². The lowest BCUT2D eigenvalue weighted by molar-refractivity contribution is -0.123. The Morgan fingerprint density at radius 3 is 2.22 bits per heavy atom. The first-order valence-corrected chi connectivity index (χ1v) is 10.3. The maximum atomic E-state index is 12.0. The van der Waals surface area contributed by atoms with E-state index in [1.807, 2.05) is 48.5 Å². The molecule has 0 spiro atoms. The first-order chi connectivity index (χ1) is 15.4. The molecular formula is C26H28N2O4. The molecule has 6 nitrogen and oxygen atoms in total. The number of amides is 1. The van der Waals surface area contributed by atoms with Gasteiger partial charge >= 0.3 is 0 Å². The molecule has 6 heteroatoms. The quantitative estimate of drug-likeness (QED) is 0.398. The number of hydrogen-bond acceptors (Lipinski definition) is 5. The molecule has 3 aromatic rings. The number of carbonyl (C=O) groups is 1. The predicted molar refractivity (Wildman–Crippen MR) is 126 cm³/mol. The molecule has 0 saturated carbocycles. The molecule has 166 valence electrons. The smallest absolute Gasteiger partial charge is 0.277 e. The molecule has 1 amide bonds. The number of nitrogens with zero attached hydrogens (tertiary/aromatic N) is 1. The van der Waals surface area contributed by atoms with Gasteiger partial charge in [-0.3, -0.25) is 4.79 Å². The summed E-state index contributed by atoms with van der Waals surface area (Å²) < 4.78 is 16.0. The first-order valence-electron chi connectivity index (χ1n) is 10.3. The Hall–Kier alpha value is -3.80. The highest BCUT2D eigenvalue weighted by Gasteiger charge is 2.22. The third-order valence-corrected chi connectivity index (χ3v) is 5.25. The molecule has 0 heterocycles. The summed E-state index contributed by atoms with van der Waals surface area (Å²) in [6, 6.07) is 23.5. The van der Waals surface area contributed by atoms with Crippen LogP contribution in [0.5, 0.6) is 17.2 Å². The number of hydrazone groups is 1. The number of methoxy groups -OCH3 is 2. The predicted octanol–water partition coefficient (Wildman–Crippen LogP) is 4.56. The van der Waals surface area contributed by atoms with Crippen molar-refractivity contribution >= 4 is 12.1 Å². The van der Waals surface area contributed by atoms with Crippen LogP contribution in [-0.2, 0) is 10.2 Å². The van der Waals surface area contributed by atoms with E-state index in [2.05, 4.69) is 36.5 Å². The van der Waals surface area contributed by atoms with Crippen LogP contribution < -0.4 is 19.6 Å². The third kappa shape index (κ3) is 5.66. The number of ether oxygens (including phenoxy) is 3. The van der Waals surface area contributed by atoms with Crippen molar-refractivity contribution in [3.05, 3.63) is 89.5 Å². The zero-order valence-electron chi connectivity index (χ0n) is 18.8. The number of nitrogens with one attached hydrogen (secondary N) is 1. The number of hydrogen-bond donors (Lipinski definition) is 1. The fraction of sp³-hybridized carbons (Fsp3) is 0.231. The molecule has 0 bridgehead atoms. The van der Waals surface area contributed by atoms with Gasteiger partial charge in [-0.25, -0.2) is 5.43 Å². The minimum absolute atomic E-state index is 0.129. The summed E-state index contributed by atoms with van der Waals surface area (Å²) in [5.74, 6) is 1.48. The third-order valence-electron chi connectivity index (χ3n) is 5.25. The van der Waals surface area contributed by atoms with Crippen molar-refractivity contribution in [2.45, 2.75) is 19.3 Å². The van der Waals surface area contributed by atoms with Crippen LogP contribution in [0.25, 0.3) is 0 Å². The molecule has 1 N–H and O–H groups in total. The summed E-state index contributed by atoms with van der Waals surface area (Å²) in [5.41, 5.74) is 5.50. The maximum Gasteiger partial charge on any atom is 0.277 e. The Labute approximate surface area is 188 Å². The fourth-order valence-corrected chi connectivity index (χ4v) is 3.28. The second-order valence-electron chi connectivity index (χ2n) is 7.71. The molecule has 0 unspecified atom stereocenters. The Morgan fingerprint density at radius 1 is 0.906 bits per heavy atom. The lowest BCUT2D eigenvalue weighted by Crippen LogP contribution is -2.24. The van der Waals surface area contributed by atoms with Crippen molar-refractivity contribution in [3.8, 4) is 17.2 Å². The molecule has 0 aromatic heterocycles. The average molecular weight is 433 g/mol. The normalized spacial score (nSPS) is 11.2. The van der Waals surface area contributed by atoms with Crippen molar-refractivity contribution in [1.29, 1.82) is 0 Å². The second kappa shape index (κ2) is 10.5. The van der Waals surface area contributed by atoms with Gasteiger partial charge in [-0.15, -0.1) is 0 Å². The van der Waals surface area contributed by atoms with Gasteiger partial charge in [0.25, 0.3) is 5.91 Å². The van der Waals surface area contributed by atoms with Crippen LogP contribution in [0.4, 0.5) is 0 Å². The summed E-state index contributed by atoms with van der Waals surface area (Å²) in [7, 11) is 3.14. The van der Waals surface area contributed by atoms with Gasteiger partial charge in [0.15, 0.2) is 18.1 Å². The molecule has 0 aliphatic carbocycles. The van der Waals surface area contributed by atoms with E-state index in [-0.39, 0.29) is 17.9 Å². The van der Waals surface area contributed by atoms with Gasteiger partial charge in [-0.05, 0) is 47.0 Å². The van der Waals surface area contributed by atoms with Crippen LogP contribution in [0, 0.1) is 0 Å². The van der Waals surface area contributed by atoms with Crippen LogP contribution in [0.3, 0.4) is 0 Å². The van der Waals surface area contributed by atoms with Crippen molar-refractivity contribution in [3.63, 3.8) is 0 Å². The van der Waals surface area contributed by atoms with Crippen molar-refractivity contribution < 1.29 is 19.0 Å². The van der Waals surface area contributed by atoms with E-state index in [1.165, 1.54) is 17.3 Å². The molecule has 0 saturated heterocycles. The Kier molecular flexibility index (Phi) is 7.49.